The summed E-state index contributed by atoms with van der Waals surface area (Å²) in [5.74, 6) is 0.394. The molecule has 2 atom stereocenters. The van der Waals surface area contributed by atoms with Gasteiger partial charge in [-0.2, -0.15) is 0 Å². The Kier molecular flexibility index (Phi) is 4.97. The smallest absolute Gasteiger partial charge is 0.336 e. The molecule has 0 bridgehead atoms. The average molecular weight is 328 g/mol. The molecular weight excluding hydrogens is 304 g/mol. The van der Waals surface area contributed by atoms with Crippen molar-refractivity contribution in [3.63, 3.8) is 0 Å². The third kappa shape index (κ3) is 3.34. The number of aromatic carboxylic acids is 1. The second kappa shape index (κ2) is 7.15. The van der Waals surface area contributed by atoms with Crippen LogP contribution in [0.3, 0.4) is 0 Å². The van der Waals surface area contributed by atoms with Gasteiger partial charge in [-0.05, 0) is 38.7 Å². The SMILES string of the molecule is CC1NNC(C)C1CCCn1ccnc1-c1ccccc1C(=O)O. The van der Waals surface area contributed by atoms with Gasteiger partial charge >= 0.3 is 5.97 Å². The summed E-state index contributed by atoms with van der Waals surface area (Å²) in [6.45, 7) is 5.24. The van der Waals surface area contributed by atoms with Crippen LogP contribution in [0, 0.1) is 5.92 Å². The summed E-state index contributed by atoms with van der Waals surface area (Å²) in [6.07, 6.45) is 5.80. The summed E-state index contributed by atoms with van der Waals surface area (Å²) in [6, 6.07) is 7.96. The first-order valence-corrected chi connectivity index (χ1v) is 8.43. The molecule has 1 aliphatic heterocycles. The number of nitrogens with one attached hydrogen (secondary N) is 2. The minimum Gasteiger partial charge on any atom is -0.478 e. The van der Waals surface area contributed by atoms with E-state index in [-0.39, 0.29) is 5.56 Å². The molecular formula is C18H24N4O2. The number of nitrogens with zero attached hydrogens (tertiary/aromatic N) is 2. The summed E-state index contributed by atoms with van der Waals surface area (Å²) < 4.78 is 2.05. The topological polar surface area (TPSA) is 79.2 Å². The van der Waals surface area contributed by atoms with Crippen LogP contribution in [0.1, 0.15) is 37.0 Å². The summed E-state index contributed by atoms with van der Waals surface area (Å²) >= 11 is 0. The highest BCUT2D eigenvalue weighted by Gasteiger charge is 2.28. The van der Waals surface area contributed by atoms with E-state index in [1.165, 1.54) is 0 Å². The fourth-order valence-electron chi connectivity index (χ4n) is 3.51. The minimum absolute atomic E-state index is 0.288. The van der Waals surface area contributed by atoms with Gasteiger partial charge < -0.3 is 9.67 Å². The van der Waals surface area contributed by atoms with Gasteiger partial charge in [-0.15, -0.1) is 0 Å². The molecule has 6 heteroatoms. The largest absolute Gasteiger partial charge is 0.478 e. The zero-order valence-electron chi connectivity index (χ0n) is 14.1. The van der Waals surface area contributed by atoms with E-state index in [4.69, 9.17) is 0 Å². The summed E-state index contributed by atoms with van der Waals surface area (Å²) in [7, 11) is 0. The van der Waals surface area contributed by atoms with Crippen LogP contribution < -0.4 is 10.9 Å². The maximum absolute atomic E-state index is 11.4. The molecule has 0 spiro atoms. The lowest BCUT2D eigenvalue weighted by Crippen LogP contribution is -2.30. The molecule has 2 heterocycles. The Morgan fingerprint density at radius 1 is 1.25 bits per heavy atom. The van der Waals surface area contributed by atoms with E-state index in [1.54, 1.807) is 18.3 Å². The Bertz CT molecular complexity index is 703. The first-order valence-electron chi connectivity index (χ1n) is 8.43. The number of carbonyl (C=O) groups is 1. The van der Waals surface area contributed by atoms with Crippen molar-refractivity contribution >= 4 is 5.97 Å². The van der Waals surface area contributed by atoms with E-state index in [0.717, 1.165) is 25.2 Å². The number of aryl methyl sites for hydroxylation is 1. The van der Waals surface area contributed by atoms with E-state index in [0.29, 0.717) is 23.6 Å². The van der Waals surface area contributed by atoms with E-state index >= 15 is 0 Å². The second-order valence-corrected chi connectivity index (χ2v) is 6.47. The number of benzene rings is 1. The number of aromatic nitrogens is 2. The van der Waals surface area contributed by atoms with Crippen LogP contribution in [0.5, 0.6) is 0 Å². The van der Waals surface area contributed by atoms with Gasteiger partial charge in [0.2, 0.25) is 0 Å². The van der Waals surface area contributed by atoms with Gasteiger partial charge in [0.15, 0.2) is 0 Å². The zero-order valence-corrected chi connectivity index (χ0v) is 14.1. The number of rotatable bonds is 6. The maximum atomic E-state index is 11.4. The molecule has 3 N–H and O–H groups in total. The molecule has 2 aromatic rings. The minimum atomic E-state index is -0.925. The molecule has 128 valence electrons. The van der Waals surface area contributed by atoms with Crippen molar-refractivity contribution < 1.29 is 9.90 Å². The molecule has 1 aromatic carbocycles. The molecule has 0 radical (unpaired) electrons. The van der Waals surface area contributed by atoms with Gasteiger partial charge in [-0.3, -0.25) is 10.9 Å². The van der Waals surface area contributed by atoms with Crippen LogP contribution in [0.2, 0.25) is 0 Å². The Morgan fingerprint density at radius 3 is 2.67 bits per heavy atom. The van der Waals surface area contributed by atoms with Crippen LogP contribution >= 0.6 is 0 Å². The Labute approximate surface area is 141 Å². The Hall–Kier alpha value is -2.18. The molecule has 6 nitrogen and oxygen atoms in total. The highest BCUT2D eigenvalue weighted by molar-refractivity contribution is 5.95. The van der Waals surface area contributed by atoms with Gasteiger partial charge in [0.1, 0.15) is 5.82 Å². The van der Waals surface area contributed by atoms with Crippen LogP contribution in [0.4, 0.5) is 0 Å². The average Bonchev–Trinajstić information content (AvgIpc) is 3.16. The molecule has 1 aromatic heterocycles. The number of carboxylic acids is 1. The molecule has 1 fully saturated rings. The van der Waals surface area contributed by atoms with Crippen molar-refractivity contribution in [3.8, 4) is 11.4 Å². The molecule has 2 unspecified atom stereocenters. The lowest BCUT2D eigenvalue weighted by atomic mass is 9.92. The van der Waals surface area contributed by atoms with E-state index in [1.807, 2.05) is 22.9 Å². The van der Waals surface area contributed by atoms with Crippen LogP contribution in [-0.2, 0) is 6.54 Å². The molecule has 24 heavy (non-hydrogen) atoms. The first-order chi connectivity index (χ1) is 11.6. The number of carboxylic acid groups (broad SMARTS) is 1. The molecule has 0 aliphatic carbocycles. The predicted octanol–water partition coefficient (Wildman–Crippen LogP) is 2.53. The quantitative estimate of drug-likeness (QED) is 0.759. The number of hydrogen-bond acceptors (Lipinski definition) is 4. The number of hydrazine groups is 1. The predicted molar refractivity (Wildman–Crippen MR) is 92.5 cm³/mol. The van der Waals surface area contributed by atoms with Gasteiger partial charge in [0.05, 0.1) is 5.56 Å². The molecule has 0 saturated carbocycles. The van der Waals surface area contributed by atoms with Gasteiger partial charge in [-0.25, -0.2) is 9.78 Å². The standard InChI is InChI=1S/C18H24N4O2/c1-12-14(13(2)21-20-12)8-5-10-22-11-9-19-17(22)15-6-3-4-7-16(15)18(23)24/h3-4,6-7,9,11-14,20-21H,5,8,10H2,1-2H3,(H,23,24). The van der Waals surface area contributed by atoms with Gasteiger partial charge in [0.25, 0.3) is 0 Å². The van der Waals surface area contributed by atoms with Crippen molar-refractivity contribution in [2.75, 3.05) is 0 Å². The monoisotopic (exact) mass is 328 g/mol. The highest BCUT2D eigenvalue weighted by Crippen LogP contribution is 2.24. The highest BCUT2D eigenvalue weighted by atomic mass is 16.4. The lowest BCUT2D eigenvalue weighted by Gasteiger charge is -2.18. The van der Waals surface area contributed by atoms with Gasteiger partial charge in [-0.1, -0.05) is 18.2 Å². The van der Waals surface area contributed by atoms with Crippen LogP contribution in [0.15, 0.2) is 36.7 Å². The van der Waals surface area contributed by atoms with Crippen molar-refractivity contribution in [2.45, 2.75) is 45.3 Å². The summed E-state index contributed by atoms with van der Waals surface area (Å²) in [5, 5.41) is 9.38. The zero-order chi connectivity index (χ0) is 17.1. The maximum Gasteiger partial charge on any atom is 0.336 e. The normalized spacial score (nSPS) is 23.5. The van der Waals surface area contributed by atoms with E-state index in [9.17, 15) is 9.90 Å². The van der Waals surface area contributed by atoms with Crippen LogP contribution in [-0.4, -0.2) is 32.7 Å². The fourth-order valence-corrected chi connectivity index (χ4v) is 3.51. The molecule has 0 amide bonds. The van der Waals surface area contributed by atoms with E-state index in [2.05, 4.69) is 29.7 Å². The third-order valence-corrected chi connectivity index (χ3v) is 4.87. The molecule has 1 saturated heterocycles. The lowest BCUT2D eigenvalue weighted by molar-refractivity contribution is 0.0697. The van der Waals surface area contributed by atoms with Crippen molar-refractivity contribution in [3.05, 3.63) is 42.2 Å². The molecule has 3 rings (SSSR count). The summed E-state index contributed by atoms with van der Waals surface area (Å²) in [5.41, 5.74) is 7.53. The Balaban J connectivity index is 1.71. The Morgan fingerprint density at radius 2 is 1.96 bits per heavy atom. The van der Waals surface area contributed by atoms with Gasteiger partial charge in [0, 0.05) is 36.6 Å². The molecule has 1 aliphatic rings. The van der Waals surface area contributed by atoms with Crippen molar-refractivity contribution in [1.82, 2.24) is 20.4 Å². The number of hydrogen-bond donors (Lipinski definition) is 3. The van der Waals surface area contributed by atoms with Crippen molar-refractivity contribution in [2.24, 2.45) is 5.92 Å². The van der Waals surface area contributed by atoms with E-state index < -0.39 is 5.97 Å². The van der Waals surface area contributed by atoms with Crippen molar-refractivity contribution in [1.29, 1.82) is 0 Å². The number of imidazole rings is 1. The second-order valence-electron chi connectivity index (χ2n) is 6.47. The van der Waals surface area contributed by atoms with Crippen LogP contribution in [0.25, 0.3) is 11.4 Å². The summed E-state index contributed by atoms with van der Waals surface area (Å²) in [4.78, 5) is 15.8. The fraction of sp³-hybridized carbons (Fsp3) is 0.444. The first kappa shape index (κ1) is 16.7. The third-order valence-electron chi connectivity index (χ3n) is 4.87.